The van der Waals surface area contributed by atoms with E-state index in [2.05, 4.69) is 26.7 Å². The Balaban J connectivity index is 1.90. The van der Waals surface area contributed by atoms with E-state index in [4.69, 9.17) is 4.74 Å². The third kappa shape index (κ3) is 3.37. The van der Waals surface area contributed by atoms with Crippen molar-refractivity contribution in [1.82, 2.24) is 14.5 Å². The zero-order valence-electron chi connectivity index (χ0n) is 10.5. The lowest BCUT2D eigenvalue weighted by atomic mass is 10.2. The highest BCUT2D eigenvalue weighted by atomic mass is 32.1. The molecule has 0 amide bonds. The molecule has 1 unspecified atom stereocenters. The number of anilines is 1. The molecule has 1 aromatic heterocycles. The van der Waals surface area contributed by atoms with E-state index in [0.29, 0.717) is 6.10 Å². The highest BCUT2D eigenvalue weighted by molar-refractivity contribution is 7.10. The maximum Gasteiger partial charge on any atom is 0.134 e. The van der Waals surface area contributed by atoms with Gasteiger partial charge in [0.05, 0.1) is 6.10 Å². The van der Waals surface area contributed by atoms with E-state index in [1.807, 2.05) is 7.05 Å². The first kappa shape index (κ1) is 12.7. The molecule has 96 valence electrons. The predicted molar refractivity (Wildman–Crippen MR) is 69.4 cm³/mol. The summed E-state index contributed by atoms with van der Waals surface area (Å²) in [6.45, 7) is 5.96. The van der Waals surface area contributed by atoms with Crippen molar-refractivity contribution in [3.63, 3.8) is 0 Å². The lowest BCUT2D eigenvalue weighted by Gasteiger charge is -2.22. The van der Waals surface area contributed by atoms with Crippen LogP contribution in [0.3, 0.4) is 0 Å². The molecular formula is C11H20N4OS. The van der Waals surface area contributed by atoms with E-state index in [1.54, 1.807) is 0 Å². The largest absolute Gasteiger partial charge is 0.377 e. The number of aromatic nitrogens is 2. The van der Waals surface area contributed by atoms with E-state index in [9.17, 15) is 0 Å². The average Bonchev–Trinajstić information content (AvgIpc) is 2.99. The summed E-state index contributed by atoms with van der Waals surface area (Å²) in [4.78, 5) is 2.37. The van der Waals surface area contributed by atoms with Crippen molar-refractivity contribution < 1.29 is 4.74 Å². The van der Waals surface area contributed by atoms with Gasteiger partial charge in [0.15, 0.2) is 0 Å². The van der Waals surface area contributed by atoms with Gasteiger partial charge in [-0.25, -0.2) is 0 Å². The standard InChI is InChI=1S/C11H20N4OS/c1-3-15(7-9-5-4-6-16-9)8-10-11(12-2)17-14-13-10/h9,12H,3-8H2,1-2H3. The summed E-state index contributed by atoms with van der Waals surface area (Å²) in [6, 6.07) is 0. The number of ether oxygens (including phenoxy) is 1. The number of likely N-dealkylation sites (N-methyl/N-ethyl adjacent to an activating group) is 1. The minimum absolute atomic E-state index is 0.402. The van der Waals surface area contributed by atoms with E-state index in [1.165, 1.54) is 24.4 Å². The highest BCUT2D eigenvalue weighted by Gasteiger charge is 2.19. The van der Waals surface area contributed by atoms with Crippen LogP contribution >= 0.6 is 11.5 Å². The summed E-state index contributed by atoms with van der Waals surface area (Å²) in [5.74, 6) is 0. The number of nitrogens with zero attached hydrogens (tertiary/aromatic N) is 3. The first-order chi connectivity index (χ1) is 8.33. The molecule has 0 radical (unpaired) electrons. The third-order valence-corrected chi connectivity index (χ3v) is 3.87. The summed E-state index contributed by atoms with van der Waals surface area (Å²) >= 11 is 1.41. The third-order valence-electron chi connectivity index (χ3n) is 3.09. The number of nitrogens with one attached hydrogen (secondary N) is 1. The quantitative estimate of drug-likeness (QED) is 0.837. The van der Waals surface area contributed by atoms with Gasteiger partial charge < -0.3 is 10.1 Å². The van der Waals surface area contributed by atoms with Crippen LogP contribution in [0.15, 0.2) is 0 Å². The molecule has 0 spiro atoms. The first-order valence-corrected chi connectivity index (χ1v) is 6.93. The van der Waals surface area contributed by atoms with Gasteiger partial charge in [-0.05, 0) is 19.4 Å². The van der Waals surface area contributed by atoms with Gasteiger partial charge in [-0.15, -0.1) is 5.10 Å². The number of hydrogen-bond donors (Lipinski definition) is 1. The van der Waals surface area contributed by atoms with Crippen molar-refractivity contribution in [1.29, 1.82) is 0 Å². The Morgan fingerprint density at radius 1 is 1.59 bits per heavy atom. The summed E-state index contributed by atoms with van der Waals surface area (Å²) in [5, 5.41) is 8.37. The summed E-state index contributed by atoms with van der Waals surface area (Å²) in [7, 11) is 1.91. The Kier molecular flexibility index (Phi) is 4.70. The van der Waals surface area contributed by atoms with Crippen LogP contribution in [0.2, 0.25) is 0 Å². The van der Waals surface area contributed by atoms with Crippen LogP contribution < -0.4 is 5.32 Å². The molecule has 1 aromatic rings. The van der Waals surface area contributed by atoms with Gasteiger partial charge >= 0.3 is 0 Å². The van der Waals surface area contributed by atoms with Crippen molar-refractivity contribution in [2.45, 2.75) is 32.4 Å². The molecule has 0 saturated carbocycles. The molecule has 1 aliphatic rings. The van der Waals surface area contributed by atoms with E-state index >= 15 is 0 Å². The molecule has 5 nitrogen and oxygen atoms in total. The van der Waals surface area contributed by atoms with Crippen LogP contribution in [0.25, 0.3) is 0 Å². The molecule has 17 heavy (non-hydrogen) atoms. The smallest absolute Gasteiger partial charge is 0.134 e. The Labute approximate surface area is 106 Å². The van der Waals surface area contributed by atoms with E-state index < -0.39 is 0 Å². The Morgan fingerprint density at radius 2 is 2.47 bits per heavy atom. The maximum absolute atomic E-state index is 5.67. The SMILES string of the molecule is CCN(Cc1nnsc1NC)CC1CCCO1. The molecule has 1 saturated heterocycles. The van der Waals surface area contributed by atoms with Crippen molar-refractivity contribution in [2.24, 2.45) is 0 Å². The molecule has 1 fully saturated rings. The van der Waals surface area contributed by atoms with Crippen LogP contribution in [-0.4, -0.2) is 47.3 Å². The van der Waals surface area contributed by atoms with Gasteiger partial charge in [0.25, 0.3) is 0 Å². The first-order valence-electron chi connectivity index (χ1n) is 6.16. The van der Waals surface area contributed by atoms with Crippen molar-refractivity contribution in [3.8, 4) is 0 Å². The highest BCUT2D eigenvalue weighted by Crippen LogP contribution is 2.20. The van der Waals surface area contributed by atoms with Gasteiger partial charge in [0, 0.05) is 38.3 Å². The zero-order valence-corrected chi connectivity index (χ0v) is 11.3. The van der Waals surface area contributed by atoms with Crippen LogP contribution in [-0.2, 0) is 11.3 Å². The summed E-state index contributed by atoms with van der Waals surface area (Å²) < 4.78 is 9.65. The molecular weight excluding hydrogens is 236 g/mol. The average molecular weight is 256 g/mol. The van der Waals surface area contributed by atoms with Crippen molar-refractivity contribution >= 4 is 16.5 Å². The van der Waals surface area contributed by atoms with Crippen LogP contribution in [0.1, 0.15) is 25.5 Å². The van der Waals surface area contributed by atoms with Crippen molar-refractivity contribution in [2.75, 3.05) is 32.1 Å². The molecule has 1 N–H and O–H groups in total. The van der Waals surface area contributed by atoms with E-state index in [0.717, 1.165) is 36.9 Å². The topological polar surface area (TPSA) is 50.3 Å². The fourth-order valence-electron chi connectivity index (χ4n) is 2.10. The summed E-state index contributed by atoms with van der Waals surface area (Å²) in [5.41, 5.74) is 1.04. The predicted octanol–water partition coefficient (Wildman–Crippen LogP) is 1.58. The lowest BCUT2D eigenvalue weighted by molar-refractivity contribution is 0.0721. The molecule has 0 aliphatic carbocycles. The minimum atomic E-state index is 0.402. The second-order valence-electron chi connectivity index (χ2n) is 4.26. The van der Waals surface area contributed by atoms with Gasteiger partial charge in [-0.2, -0.15) is 0 Å². The number of hydrogen-bond acceptors (Lipinski definition) is 6. The second-order valence-corrected chi connectivity index (χ2v) is 5.02. The monoisotopic (exact) mass is 256 g/mol. The van der Waals surface area contributed by atoms with Gasteiger partial charge in [0.2, 0.25) is 0 Å². The Bertz CT molecular complexity index is 338. The van der Waals surface area contributed by atoms with Crippen molar-refractivity contribution in [3.05, 3.63) is 5.69 Å². The molecule has 6 heteroatoms. The van der Waals surface area contributed by atoms with Crippen LogP contribution in [0, 0.1) is 0 Å². The molecule has 1 atom stereocenters. The molecule has 0 bridgehead atoms. The van der Waals surface area contributed by atoms with Crippen LogP contribution in [0.4, 0.5) is 5.00 Å². The normalized spacial score (nSPS) is 20.1. The molecule has 0 aromatic carbocycles. The zero-order chi connectivity index (χ0) is 12.1. The van der Waals surface area contributed by atoms with Gasteiger partial charge in [-0.1, -0.05) is 11.4 Å². The molecule has 1 aliphatic heterocycles. The fraction of sp³-hybridized carbons (Fsp3) is 0.818. The van der Waals surface area contributed by atoms with Crippen LogP contribution in [0.5, 0.6) is 0 Å². The van der Waals surface area contributed by atoms with Gasteiger partial charge in [0.1, 0.15) is 10.7 Å². The fourth-order valence-corrected chi connectivity index (χ4v) is 2.62. The maximum atomic E-state index is 5.67. The molecule has 2 heterocycles. The Hall–Kier alpha value is -0.720. The molecule has 2 rings (SSSR count). The van der Waals surface area contributed by atoms with Gasteiger partial charge in [-0.3, -0.25) is 4.90 Å². The lowest BCUT2D eigenvalue weighted by Crippen LogP contribution is -2.31. The Morgan fingerprint density at radius 3 is 3.12 bits per heavy atom. The number of rotatable bonds is 6. The second kappa shape index (κ2) is 6.28. The minimum Gasteiger partial charge on any atom is -0.377 e. The summed E-state index contributed by atoms with van der Waals surface area (Å²) in [6.07, 6.45) is 2.78. The van der Waals surface area contributed by atoms with E-state index in [-0.39, 0.29) is 0 Å².